The van der Waals surface area contributed by atoms with E-state index in [-0.39, 0.29) is 11.4 Å². The Hall–Kier alpha value is -2.39. The Bertz CT molecular complexity index is 702. The van der Waals surface area contributed by atoms with E-state index < -0.39 is 5.97 Å². The van der Waals surface area contributed by atoms with E-state index in [1.54, 1.807) is 5.94 Å². The Balaban J connectivity index is 2.28. The number of carbonyl (C=O) groups excluding carboxylic acids is 2. The lowest BCUT2D eigenvalue weighted by molar-refractivity contribution is -0.136. The lowest BCUT2D eigenvalue weighted by Gasteiger charge is -2.31. The van der Waals surface area contributed by atoms with Gasteiger partial charge in [0.05, 0.1) is 18.4 Å². The molecule has 108 valence electrons. The minimum atomic E-state index is -0.509. The van der Waals surface area contributed by atoms with Crippen molar-refractivity contribution in [3.8, 4) is 0 Å². The molecule has 0 spiro atoms. The number of rotatable bonds is 1. The average Bonchev–Trinajstić information content (AvgIpc) is 2.70. The molecule has 0 bridgehead atoms. The zero-order valence-electron chi connectivity index (χ0n) is 11.6. The Morgan fingerprint density at radius 2 is 2.19 bits per heavy atom. The molecule has 1 aromatic rings. The highest BCUT2D eigenvalue weighted by atomic mass is 19.1. The molecule has 0 aliphatic carbocycles. The molecule has 0 amide bonds. The molecule has 0 fully saturated rings. The molecule has 5 heteroatoms. The summed E-state index contributed by atoms with van der Waals surface area (Å²) in [7, 11) is 1.30. The van der Waals surface area contributed by atoms with Gasteiger partial charge in [0.1, 0.15) is 17.5 Å². The van der Waals surface area contributed by atoms with Crippen molar-refractivity contribution in [1.82, 2.24) is 0 Å². The van der Waals surface area contributed by atoms with Crippen molar-refractivity contribution in [1.29, 1.82) is 0 Å². The van der Waals surface area contributed by atoms with Crippen LogP contribution >= 0.6 is 0 Å². The van der Waals surface area contributed by atoms with Crippen molar-refractivity contribution in [2.75, 3.05) is 18.6 Å². The smallest absolute Gasteiger partial charge is 0.354 e. The van der Waals surface area contributed by atoms with Gasteiger partial charge in [-0.05, 0) is 43.0 Å². The normalized spacial score (nSPS) is 16.6. The Morgan fingerprint density at radius 1 is 1.38 bits per heavy atom. The number of allylic oxidation sites excluding steroid dienone is 2. The monoisotopic (exact) mass is 287 g/mol. The van der Waals surface area contributed by atoms with E-state index in [1.807, 2.05) is 4.90 Å². The SMILES string of the molecule is COC(=O)C1=CC(=C=O)c2cc(F)cc3c2N1CCCC3. The molecule has 1 aromatic carbocycles. The summed E-state index contributed by atoms with van der Waals surface area (Å²) in [6.07, 6.45) is 3.93. The van der Waals surface area contributed by atoms with Gasteiger partial charge in [-0.3, -0.25) is 0 Å². The lowest BCUT2D eigenvalue weighted by atomic mass is 9.94. The number of carbonyl (C=O) groups is 1. The fraction of sp³-hybridized carbons (Fsp3) is 0.312. The Morgan fingerprint density at radius 3 is 2.90 bits per heavy atom. The molecule has 2 aliphatic heterocycles. The summed E-state index contributed by atoms with van der Waals surface area (Å²) in [5.74, 6) is 0.912. The van der Waals surface area contributed by atoms with E-state index in [4.69, 9.17) is 4.74 Å². The number of halogens is 1. The highest BCUT2D eigenvalue weighted by Gasteiger charge is 2.31. The van der Waals surface area contributed by atoms with E-state index in [0.717, 1.165) is 30.5 Å². The van der Waals surface area contributed by atoms with Crippen LogP contribution in [0.3, 0.4) is 0 Å². The molecule has 0 saturated heterocycles. The van der Waals surface area contributed by atoms with Crippen molar-refractivity contribution in [2.45, 2.75) is 19.3 Å². The van der Waals surface area contributed by atoms with Crippen LogP contribution in [0.15, 0.2) is 23.9 Å². The van der Waals surface area contributed by atoms with Gasteiger partial charge in [0, 0.05) is 12.1 Å². The van der Waals surface area contributed by atoms with E-state index in [0.29, 0.717) is 17.8 Å². The second-order valence-electron chi connectivity index (χ2n) is 5.11. The maximum Gasteiger partial charge on any atom is 0.354 e. The molecule has 2 aliphatic rings. The summed E-state index contributed by atoms with van der Waals surface area (Å²) in [6, 6.07) is 2.79. The standard InChI is InChI=1S/C16H14FNO3/c1-21-16(20)14-7-11(9-19)13-8-12(17)6-10-4-2-3-5-18(14)15(10)13/h6-8H,2-5H2,1H3. The molecule has 0 radical (unpaired) electrons. The van der Waals surface area contributed by atoms with Crippen LogP contribution in [-0.2, 0) is 20.7 Å². The quantitative estimate of drug-likeness (QED) is 0.587. The molecule has 0 saturated carbocycles. The van der Waals surface area contributed by atoms with E-state index in [2.05, 4.69) is 0 Å². The van der Waals surface area contributed by atoms with Gasteiger partial charge in [-0.25, -0.2) is 14.0 Å². The summed E-state index contributed by atoms with van der Waals surface area (Å²) in [6.45, 7) is 0.638. The zero-order valence-corrected chi connectivity index (χ0v) is 11.6. The largest absolute Gasteiger partial charge is 0.464 e. The Labute approximate surface area is 121 Å². The first-order valence-electron chi connectivity index (χ1n) is 6.81. The van der Waals surface area contributed by atoms with Crippen LogP contribution in [0, 0.1) is 5.82 Å². The van der Waals surface area contributed by atoms with Gasteiger partial charge in [-0.1, -0.05) is 0 Å². The first-order chi connectivity index (χ1) is 10.2. The maximum atomic E-state index is 13.8. The number of nitrogens with zero attached hydrogens (tertiary/aromatic N) is 1. The lowest BCUT2D eigenvalue weighted by Crippen LogP contribution is -2.32. The zero-order chi connectivity index (χ0) is 15.0. The number of anilines is 1. The van der Waals surface area contributed by atoms with Crippen LogP contribution < -0.4 is 4.90 Å². The number of hydrogen-bond donors (Lipinski definition) is 0. The second-order valence-corrected chi connectivity index (χ2v) is 5.11. The fourth-order valence-electron chi connectivity index (χ4n) is 2.96. The highest BCUT2D eigenvalue weighted by molar-refractivity contribution is 6.07. The highest BCUT2D eigenvalue weighted by Crippen LogP contribution is 2.40. The first kappa shape index (κ1) is 13.6. The molecule has 0 N–H and O–H groups in total. The van der Waals surface area contributed by atoms with Crippen LogP contribution in [0.2, 0.25) is 0 Å². The van der Waals surface area contributed by atoms with E-state index in [9.17, 15) is 14.0 Å². The molecule has 0 aromatic heterocycles. The third-order valence-electron chi connectivity index (χ3n) is 3.87. The third-order valence-corrected chi connectivity index (χ3v) is 3.87. The fourth-order valence-corrected chi connectivity index (χ4v) is 2.96. The topological polar surface area (TPSA) is 46.6 Å². The summed E-state index contributed by atoms with van der Waals surface area (Å²) >= 11 is 0. The summed E-state index contributed by atoms with van der Waals surface area (Å²) in [5, 5.41) is 0. The Kier molecular flexibility index (Phi) is 3.35. The maximum absolute atomic E-state index is 13.8. The van der Waals surface area contributed by atoms with Gasteiger partial charge >= 0.3 is 5.97 Å². The van der Waals surface area contributed by atoms with Crippen molar-refractivity contribution >= 4 is 23.2 Å². The van der Waals surface area contributed by atoms with Crippen LogP contribution in [0.1, 0.15) is 24.0 Å². The third kappa shape index (κ3) is 2.16. The van der Waals surface area contributed by atoms with Gasteiger partial charge < -0.3 is 9.64 Å². The van der Waals surface area contributed by atoms with Crippen LogP contribution in [0.5, 0.6) is 0 Å². The van der Waals surface area contributed by atoms with E-state index >= 15 is 0 Å². The van der Waals surface area contributed by atoms with Gasteiger partial charge in [0.15, 0.2) is 0 Å². The molecular weight excluding hydrogens is 273 g/mol. The predicted octanol–water partition coefficient (Wildman–Crippen LogP) is 2.25. The molecular formula is C16H14FNO3. The summed E-state index contributed by atoms with van der Waals surface area (Å²) in [4.78, 5) is 25.0. The van der Waals surface area contributed by atoms with Crippen molar-refractivity contribution in [3.63, 3.8) is 0 Å². The van der Waals surface area contributed by atoms with Gasteiger partial charge in [-0.2, -0.15) is 0 Å². The van der Waals surface area contributed by atoms with E-state index in [1.165, 1.54) is 25.3 Å². The number of aryl methyl sites for hydroxylation is 1. The molecule has 4 nitrogen and oxygen atoms in total. The van der Waals surface area contributed by atoms with Gasteiger partial charge in [0.25, 0.3) is 0 Å². The number of benzene rings is 1. The number of ether oxygens (including phenoxy) is 1. The van der Waals surface area contributed by atoms with Crippen molar-refractivity contribution in [2.24, 2.45) is 0 Å². The second kappa shape index (κ2) is 5.19. The summed E-state index contributed by atoms with van der Waals surface area (Å²) < 4.78 is 18.6. The van der Waals surface area contributed by atoms with Crippen LogP contribution in [0.4, 0.5) is 10.1 Å². The molecule has 0 atom stereocenters. The molecule has 2 heterocycles. The van der Waals surface area contributed by atoms with Gasteiger partial charge in [0.2, 0.25) is 0 Å². The van der Waals surface area contributed by atoms with Crippen LogP contribution in [0.25, 0.3) is 5.57 Å². The minimum absolute atomic E-state index is 0.185. The van der Waals surface area contributed by atoms with Gasteiger partial charge in [-0.15, -0.1) is 0 Å². The number of hydrogen-bond acceptors (Lipinski definition) is 4. The van der Waals surface area contributed by atoms with Crippen molar-refractivity contribution in [3.05, 3.63) is 40.8 Å². The predicted molar refractivity (Wildman–Crippen MR) is 75.9 cm³/mol. The summed E-state index contributed by atoms with van der Waals surface area (Å²) in [5.41, 5.74) is 2.52. The first-order valence-corrected chi connectivity index (χ1v) is 6.81. The molecule has 0 unspecified atom stereocenters. The molecule has 21 heavy (non-hydrogen) atoms. The number of methoxy groups -OCH3 is 1. The minimum Gasteiger partial charge on any atom is -0.464 e. The average molecular weight is 287 g/mol. The van der Waals surface area contributed by atoms with Crippen molar-refractivity contribution < 1.29 is 18.7 Å². The molecule has 3 rings (SSSR count). The van der Waals surface area contributed by atoms with Crippen LogP contribution in [-0.4, -0.2) is 25.6 Å². The number of esters is 1.